The second-order valence-electron chi connectivity index (χ2n) is 7.18. The van der Waals surface area contributed by atoms with Crippen LogP contribution in [0.3, 0.4) is 0 Å². The van der Waals surface area contributed by atoms with E-state index in [0.717, 1.165) is 18.4 Å². The molecule has 0 bridgehead atoms. The number of hydrogen-bond acceptors (Lipinski definition) is 2. The van der Waals surface area contributed by atoms with E-state index in [-0.39, 0.29) is 11.9 Å². The van der Waals surface area contributed by atoms with Gasteiger partial charge in [-0.1, -0.05) is 95.0 Å². The maximum Gasteiger partial charge on any atom is 0.217 e. The van der Waals surface area contributed by atoms with Gasteiger partial charge in [0.05, 0.1) is 12.1 Å². The van der Waals surface area contributed by atoms with Crippen molar-refractivity contribution in [3.63, 3.8) is 0 Å². The average molecular weight is 348 g/mol. The summed E-state index contributed by atoms with van der Waals surface area (Å²) in [5, 5.41) is 13.4. The Labute approximate surface area is 154 Å². The highest BCUT2D eigenvalue weighted by Crippen LogP contribution is 2.14. The van der Waals surface area contributed by atoms with E-state index in [4.69, 9.17) is 0 Å². The first-order valence-corrected chi connectivity index (χ1v) is 10.1. The van der Waals surface area contributed by atoms with Gasteiger partial charge in [0.2, 0.25) is 5.91 Å². The maximum absolute atomic E-state index is 11.4. The van der Waals surface area contributed by atoms with Crippen LogP contribution in [0.5, 0.6) is 0 Å². The lowest BCUT2D eigenvalue weighted by atomic mass is 9.96. The van der Waals surface area contributed by atoms with Gasteiger partial charge in [-0.25, -0.2) is 0 Å². The summed E-state index contributed by atoms with van der Waals surface area (Å²) in [7, 11) is 0. The van der Waals surface area contributed by atoms with Gasteiger partial charge in [0.15, 0.2) is 0 Å². The van der Waals surface area contributed by atoms with E-state index >= 15 is 0 Å². The molecule has 0 unspecified atom stereocenters. The molecule has 25 heavy (non-hydrogen) atoms. The first-order chi connectivity index (χ1) is 12.1. The number of hydrogen-bond donors (Lipinski definition) is 2. The molecule has 0 saturated carbocycles. The molecule has 1 rings (SSSR count). The highest BCUT2D eigenvalue weighted by molar-refractivity contribution is 5.73. The van der Waals surface area contributed by atoms with Crippen LogP contribution in [0.1, 0.15) is 83.6 Å². The lowest BCUT2D eigenvalue weighted by Crippen LogP contribution is -2.43. The first-order valence-electron chi connectivity index (χ1n) is 10.1. The third kappa shape index (κ3) is 11.0. The second kappa shape index (κ2) is 13.9. The molecule has 0 aliphatic carbocycles. The molecule has 0 radical (unpaired) electrons. The largest absolute Gasteiger partial charge is 0.391 e. The number of carbonyl (C=O) groups excluding carboxylic acids is 1. The summed E-state index contributed by atoms with van der Waals surface area (Å²) in [6.45, 7) is 3.76. The Morgan fingerprint density at radius 3 is 2.08 bits per heavy atom. The van der Waals surface area contributed by atoms with E-state index in [1.807, 2.05) is 30.3 Å². The van der Waals surface area contributed by atoms with Crippen LogP contribution in [-0.2, 0) is 11.2 Å². The van der Waals surface area contributed by atoms with Crippen molar-refractivity contribution in [3.8, 4) is 0 Å². The molecule has 2 N–H and O–H groups in total. The molecule has 0 saturated heterocycles. The summed E-state index contributed by atoms with van der Waals surface area (Å²) in [5.41, 5.74) is 1.15. The zero-order valence-electron chi connectivity index (χ0n) is 16.2. The predicted octanol–water partition coefficient (Wildman–Crippen LogP) is 5.02. The second-order valence-corrected chi connectivity index (χ2v) is 7.18. The fourth-order valence-electron chi connectivity index (χ4n) is 3.28. The molecule has 2 atom stereocenters. The topological polar surface area (TPSA) is 49.3 Å². The van der Waals surface area contributed by atoms with Crippen molar-refractivity contribution in [1.29, 1.82) is 0 Å². The lowest BCUT2D eigenvalue weighted by Gasteiger charge is -2.24. The molecule has 142 valence electrons. The molecule has 1 amide bonds. The van der Waals surface area contributed by atoms with Gasteiger partial charge in [-0.3, -0.25) is 4.79 Å². The standard InChI is InChI=1S/C22H37NO2/c1-3-4-5-6-7-8-9-10-14-17-22(25)21(23-19(2)24)18-20-15-12-11-13-16-20/h11-13,15-16,21-22,25H,3-10,14,17-18H2,1-2H3,(H,23,24)/t21-,22+/m0/s1. The Kier molecular flexibility index (Phi) is 12.0. The average Bonchev–Trinajstić information content (AvgIpc) is 2.60. The number of aliphatic hydroxyl groups is 1. The Morgan fingerprint density at radius 2 is 1.52 bits per heavy atom. The summed E-state index contributed by atoms with van der Waals surface area (Å²) in [4.78, 5) is 11.4. The van der Waals surface area contributed by atoms with E-state index in [0.29, 0.717) is 6.42 Å². The molecule has 0 fully saturated rings. The summed E-state index contributed by atoms with van der Waals surface area (Å²) in [6, 6.07) is 9.85. The van der Waals surface area contributed by atoms with Crippen LogP contribution >= 0.6 is 0 Å². The number of benzene rings is 1. The van der Waals surface area contributed by atoms with Crippen LogP contribution in [0.15, 0.2) is 30.3 Å². The third-order valence-corrected chi connectivity index (χ3v) is 4.76. The highest BCUT2D eigenvalue weighted by atomic mass is 16.3. The number of rotatable bonds is 14. The van der Waals surface area contributed by atoms with Gasteiger partial charge >= 0.3 is 0 Å². The fourth-order valence-corrected chi connectivity index (χ4v) is 3.28. The zero-order valence-corrected chi connectivity index (χ0v) is 16.2. The van der Waals surface area contributed by atoms with E-state index in [2.05, 4.69) is 12.2 Å². The minimum absolute atomic E-state index is 0.0768. The van der Waals surface area contributed by atoms with Gasteiger partial charge in [-0.2, -0.15) is 0 Å². The number of aliphatic hydroxyl groups excluding tert-OH is 1. The molecule has 1 aromatic carbocycles. The van der Waals surface area contributed by atoms with Crippen molar-refractivity contribution in [3.05, 3.63) is 35.9 Å². The molecule has 1 aromatic rings. The molecular weight excluding hydrogens is 310 g/mol. The Hall–Kier alpha value is -1.35. The van der Waals surface area contributed by atoms with Gasteiger partial charge in [-0.15, -0.1) is 0 Å². The van der Waals surface area contributed by atoms with E-state index < -0.39 is 6.10 Å². The van der Waals surface area contributed by atoms with Crippen molar-refractivity contribution in [2.75, 3.05) is 0 Å². The molecule has 3 nitrogen and oxygen atoms in total. The van der Waals surface area contributed by atoms with Gasteiger partial charge < -0.3 is 10.4 Å². The smallest absolute Gasteiger partial charge is 0.217 e. The highest BCUT2D eigenvalue weighted by Gasteiger charge is 2.20. The molecule has 3 heteroatoms. The zero-order chi connectivity index (χ0) is 18.3. The Morgan fingerprint density at radius 1 is 0.960 bits per heavy atom. The summed E-state index contributed by atoms with van der Waals surface area (Å²) in [6.07, 6.45) is 12.4. The summed E-state index contributed by atoms with van der Waals surface area (Å²) in [5.74, 6) is -0.0768. The molecule has 0 heterocycles. The number of carbonyl (C=O) groups is 1. The minimum Gasteiger partial charge on any atom is -0.391 e. The van der Waals surface area contributed by atoms with E-state index in [9.17, 15) is 9.90 Å². The molecule has 0 aliphatic heterocycles. The van der Waals surface area contributed by atoms with Crippen LogP contribution in [-0.4, -0.2) is 23.2 Å². The first kappa shape index (κ1) is 21.7. The number of nitrogens with one attached hydrogen (secondary N) is 1. The van der Waals surface area contributed by atoms with Crippen LogP contribution in [0.25, 0.3) is 0 Å². The van der Waals surface area contributed by atoms with E-state index in [1.165, 1.54) is 58.3 Å². The maximum atomic E-state index is 11.4. The fraction of sp³-hybridized carbons (Fsp3) is 0.682. The van der Waals surface area contributed by atoms with Gasteiger partial charge in [0, 0.05) is 6.92 Å². The normalized spacial score (nSPS) is 13.4. The Balaban J connectivity index is 2.23. The quantitative estimate of drug-likeness (QED) is 0.464. The lowest BCUT2D eigenvalue weighted by molar-refractivity contribution is -0.120. The van der Waals surface area contributed by atoms with Crippen LogP contribution in [0, 0.1) is 0 Å². The van der Waals surface area contributed by atoms with Crippen LogP contribution in [0.2, 0.25) is 0 Å². The monoisotopic (exact) mass is 347 g/mol. The van der Waals surface area contributed by atoms with Gasteiger partial charge in [-0.05, 0) is 18.4 Å². The summed E-state index contributed by atoms with van der Waals surface area (Å²) < 4.78 is 0. The Bertz CT molecular complexity index is 447. The van der Waals surface area contributed by atoms with Crippen molar-refractivity contribution < 1.29 is 9.90 Å². The molecule has 0 spiro atoms. The third-order valence-electron chi connectivity index (χ3n) is 4.76. The molecule has 0 aromatic heterocycles. The predicted molar refractivity (Wildman–Crippen MR) is 106 cm³/mol. The van der Waals surface area contributed by atoms with Gasteiger partial charge in [0.1, 0.15) is 0 Å². The van der Waals surface area contributed by atoms with Gasteiger partial charge in [0.25, 0.3) is 0 Å². The number of amides is 1. The van der Waals surface area contributed by atoms with Crippen LogP contribution in [0.4, 0.5) is 0 Å². The van der Waals surface area contributed by atoms with Crippen molar-refractivity contribution in [2.24, 2.45) is 0 Å². The van der Waals surface area contributed by atoms with E-state index in [1.54, 1.807) is 0 Å². The molecule has 0 aliphatic rings. The van der Waals surface area contributed by atoms with Crippen LogP contribution < -0.4 is 5.32 Å². The molecular formula is C22H37NO2. The number of unbranched alkanes of at least 4 members (excludes halogenated alkanes) is 8. The van der Waals surface area contributed by atoms with Crippen molar-refractivity contribution in [1.82, 2.24) is 5.32 Å². The summed E-state index contributed by atoms with van der Waals surface area (Å²) >= 11 is 0. The van der Waals surface area contributed by atoms with Crippen molar-refractivity contribution >= 4 is 5.91 Å². The SMILES string of the molecule is CCCCCCCCCCC[C@@H](O)[C@H](Cc1ccccc1)NC(C)=O. The van der Waals surface area contributed by atoms with Crippen molar-refractivity contribution in [2.45, 2.75) is 96.6 Å². The minimum atomic E-state index is -0.478.